The predicted molar refractivity (Wildman–Crippen MR) is 121 cm³/mol. The van der Waals surface area contributed by atoms with Crippen molar-refractivity contribution in [3.63, 3.8) is 0 Å². The largest absolute Gasteiger partial charge is 0.378 e. The molecule has 1 amide bonds. The van der Waals surface area contributed by atoms with E-state index >= 15 is 0 Å². The molecule has 0 spiro atoms. The van der Waals surface area contributed by atoms with Crippen LogP contribution in [0.25, 0.3) is 0 Å². The normalized spacial score (nSPS) is 15.1. The number of sulfonamides is 1. The SMILES string of the molecule is CN(Cc1ccc(N(C)C)cc1)C(=O)c1ccc(Cl)c(S(=O)(=O)N2CCCCC2)c1. The Morgan fingerprint density at radius 2 is 1.63 bits per heavy atom. The number of rotatable bonds is 6. The fourth-order valence-electron chi connectivity index (χ4n) is 3.54. The van der Waals surface area contributed by atoms with Crippen LogP contribution < -0.4 is 4.90 Å². The van der Waals surface area contributed by atoms with Crippen LogP contribution in [0.1, 0.15) is 35.2 Å². The molecule has 30 heavy (non-hydrogen) atoms. The molecule has 0 aliphatic carbocycles. The van der Waals surface area contributed by atoms with Gasteiger partial charge in [0.25, 0.3) is 5.91 Å². The average Bonchev–Trinajstić information content (AvgIpc) is 2.74. The van der Waals surface area contributed by atoms with Gasteiger partial charge >= 0.3 is 0 Å². The van der Waals surface area contributed by atoms with E-state index in [1.54, 1.807) is 18.0 Å². The quantitative estimate of drug-likeness (QED) is 0.672. The number of halogens is 1. The van der Waals surface area contributed by atoms with Crippen LogP contribution in [0, 0.1) is 0 Å². The van der Waals surface area contributed by atoms with E-state index in [9.17, 15) is 13.2 Å². The predicted octanol–water partition coefficient (Wildman–Crippen LogP) is 3.85. The van der Waals surface area contributed by atoms with E-state index in [1.807, 2.05) is 43.3 Å². The van der Waals surface area contributed by atoms with E-state index in [0.717, 1.165) is 30.5 Å². The highest BCUT2D eigenvalue weighted by Crippen LogP contribution is 2.28. The molecule has 6 nitrogen and oxygen atoms in total. The average molecular weight is 450 g/mol. The minimum absolute atomic E-state index is 0.000604. The van der Waals surface area contributed by atoms with Crippen LogP contribution in [0.3, 0.4) is 0 Å². The highest BCUT2D eigenvalue weighted by atomic mass is 35.5. The second-order valence-electron chi connectivity index (χ2n) is 7.83. The number of hydrogen-bond donors (Lipinski definition) is 0. The summed E-state index contributed by atoms with van der Waals surface area (Å²) in [5.74, 6) is -0.251. The van der Waals surface area contributed by atoms with Gasteiger partial charge in [-0.3, -0.25) is 4.79 Å². The van der Waals surface area contributed by atoms with Crippen molar-refractivity contribution >= 4 is 33.2 Å². The zero-order valence-electron chi connectivity index (χ0n) is 17.6. The van der Waals surface area contributed by atoms with Gasteiger partial charge in [-0.05, 0) is 48.7 Å². The molecule has 2 aromatic rings. The van der Waals surface area contributed by atoms with Crippen molar-refractivity contribution in [1.82, 2.24) is 9.21 Å². The molecule has 162 valence electrons. The van der Waals surface area contributed by atoms with Gasteiger partial charge < -0.3 is 9.80 Å². The van der Waals surface area contributed by atoms with E-state index in [2.05, 4.69) is 0 Å². The Morgan fingerprint density at radius 3 is 2.23 bits per heavy atom. The minimum Gasteiger partial charge on any atom is -0.378 e. The number of nitrogens with zero attached hydrogens (tertiary/aromatic N) is 3. The molecule has 0 bridgehead atoms. The zero-order valence-corrected chi connectivity index (χ0v) is 19.2. The van der Waals surface area contributed by atoms with Crippen molar-refractivity contribution in [3.05, 3.63) is 58.6 Å². The summed E-state index contributed by atoms with van der Waals surface area (Å²) < 4.78 is 27.5. The van der Waals surface area contributed by atoms with Crippen LogP contribution in [0.5, 0.6) is 0 Å². The summed E-state index contributed by atoms with van der Waals surface area (Å²) in [6.07, 6.45) is 2.70. The van der Waals surface area contributed by atoms with Gasteiger partial charge in [-0.1, -0.05) is 30.2 Å². The van der Waals surface area contributed by atoms with Crippen LogP contribution in [0.4, 0.5) is 5.69 Å². The molecule has 1 aliphatic rings. The van der Waals surface area contributed by atoms with Crippen molar-refractivity contribution < 1.29 is 13.2 Å². The van der Waals surface area contributed by atoms with Crippen LogP contribution in [-0.4, -0.2) is 57.8 Å². The highest BCUT2D eigenvalue weighted by Gasteiger charge is 2.29. The molecule has 0 N–H and O–H groups in total. The molecule has 1 heterocycles. The highest BCUT2D eigenvalue weighted by molar-refractivity contribution is 7.89. The van der Waals surface area contributed by atoms with E-state index in [-0.39, 0.29) is 15.8 Å². The molecule has 3 rings (SSSR count). The number of piperidine rings is 1. The first-order valence-corrected chi connectivity index (χ1v) is 11.8. The maximum Gasteiger partial charge on any atom is 0.253 e. The Morgan fingerprint density at radius 1 is 1.00 bits per heavy atom. The van der Waals surface area contributed by atoms with Crippen molar-refractivity contribution in [3.8, 4) is 0 Å². The Kier molecular flexibility index (Phi) is 7.06. The molecule has 0 saturated carbocycles. The zero-order chi connectivity index (χ0) is 21.9. The molecule has 8 heteroatoms. The summed E-state index contributed by atoms with van der Waals surface area (Å²) in [5, 5.41) is 0.138. The number of anilines is 1. The van der Waals surface area contributed by atoms with Gasteiger partial charge in [0.15, 0.2) is 0 Å². The summed E-state index contributed by atoms with van der Waals surface area (Å²) in [6.45, 7) is 1.39. The number of carbonyl (C=O) groups excluding carboxylic acids is 1. The number of carbonyl (C=O) groups is 1. The Balaban J connectivity index is 1.79. The molecule has 0 atom stereocenters. The van der Waals surface area contributed by atoms with Crippen molar-refractivity contribution in [1.29, 1.82) is 0 Å². The third-order valence-corrected chi connectivity index (χ3v) is 7.71. The third-order valence-electron chi connectivity index (χ3n) is 5.33. The molecule has 0 aromatic heterocycles. The fourth-order valence-corrected chi connectivity index (χ4v) is 5.56. The van der Waals surface area contributed by atoms with E-state index < -0.39 is 10.0 Å². The van der Waals surface area contributed by atoms with Crippen LogP contribution in [0.2, 0.25) is 5.02 Å². The third kappa shape index (κ3) is 4.96. The Labute approximate surface area is 184 Å². The monoisotopic (exact) mass is 449 g/mol. The lowest BCUT2D eigenvalue weighted by Crippen LogP contribution is -2.36. The van der Waals surface area contributed by atoms with Crippen LogP contribution >= 0.6 is 11.6 Å². The number of hydrogen-bond acceptors (Lipinski definition) is 4. The maximum atomic E-state index is 13.0. The lowest BCUT2D eigenvalue weighted by atomic mass is 10.1. The van der Waals surface area contributed by atoms with Crippen LogP contribution in [-0.2, 0) is 16.6 Å². The molecule has 1 saturated heterocycles. The second-order valence-corrected chi connectivity index (χ2v) is 10.1. The van der Waals surface area contributed by atoms with Gasteiger partial charge in [0.1, 0.15) is 4.90 Å². The molecule has 2 aromatic carbocycles. The number of amides is 1. The van der Waals surface area contributed by atoms with Crippen molar-refractivity contribution in [2.75, 3.05) is 39.1 Å². The molecular formula is C22H28ClN3O3S. The second kappa shape index (κ2) is 9.37. The van der Waals surface area contributed by atoms with Gasteiger partial charge in [0.2, 0.25) is 10.0 Å². The smallest absolute Gasteiger partial charge is 0.253 e. The summed E-state index contributed by atoms with van der Waals surface area (Å²) in [6, 6.07) is 12.4. The Bertz CT molecular complexity index is 1000. The van der Waals surface area contributed by atoms with Crippen molar-refractivity contribution in [2.45, 2.75) is 30.7 Å². The van der Waals surface area contributed by atoms with Gasteiger partial charge in [0.05, 0.1) is 5.02 Å². The summed E-state index contributed by atoms with van der Waals surface area (Å²) >= 11 is 6.22. The van der Waals surface area contributed by atoms with Gasteiger partial charge in [-0.15, -0.1) is 0 Å². The minimum atomic E-state index is -3.72. The molecule has 1 aliphatic heterocycles. The lowest BCUT2D eigenvalue weighted by Gasteiger charge is -2.26. The standard InChI is InChI=1S/C22H28ClN3O3S/c1-24(2)19-10-7-17(8-11-19)16-25(3)22(27)18-9-12-20(23)21(15-18)30(28,29)26-13-5-4-6-14-26/h7-12,15H,4-6,13-14,16H2,1-3H3. The van der Waals surface area contributed by atoms with E-state index in [1.165, 1.54) is 16.4 Å². The van der Waals surface area contributed by atoms with Crippen molar-refractivity contribution in [2.24, 2.45) is 0 Å². The topological polar surface area (TPSA) is 60.9 Å². The fraction of sp³-hybridized carbons (Fsp3) is 0.409. The maximum absolute atomic E-state index is 13.0. The molecular weight excluding hydrogens is 422 g/mol. The number of benzene rings is 2. The Hall–Kier alpha value is -2.09. The summed E-state index contributed by atoms with van der Waals surface area (Å²) in [5.41, 5.74) is 2.38. The van der Waals surface area contributed by atoms with Gasteiger partial charge in [0, 0.05) is 52.0 Å². The van der Waals surface area contributed by atoms with E-state index in [4.69, 9.17) is 11.6 Å². The van der Waals surface area contributed by atoms with E-state index in [0.29, 0.717) is 25.2 Å². The van der Waals surface area contributed by atoms with Gasteiger partial charge in [-0.2, -0.15) is 4.31 Å². The van der Waals surface area contributed by atoms with Crippen LogP contribution in [0.15, 0.2) is 47.4 Å². The summed E-state index contributed by atoms with van der Waals surface area (Å²) in [4.78, 5) is 16.5. The first kappa shape index (κ1) is 22.6. The molecule has 1 fully saturated rings. The lowest BCUT2D eigenvalue weighted by molar-refractivity contribution is 0.0785. The van der Waals surface area contributed by atoms with Gasteiger partial charge in [-0.25, -0.2) is 8.42 Å². The molecule has 0 unspecified atom stereocenters. The summed E-state index contributed by atoms with van der Waals surface area (Å²) in [7, 11) is 1.93. The first-order valence-electron chi connectivity index (χ1n) is 10.0. The molecule has 0 radical (unpaired) electrons. The first-order chi connectivity index (χ1) is 14.2.